The predicted octanol–water partition coefficient (Wildman–Crippen LogP) is 1.61. The first kappa shape index (κ1) is 20.1. The maximum absolute atomic E-state index is 11.6. The topological polar surface area (TPSA) is 81.7 Å². The van der Waals surface area contributed by atoms with Crippen molar-refractivity contribution in [3.8, 4) is 0 Å². The molecule has 6 nitrogen and oxygen atoms in total. The van der Waals surface area contributed by atoms with Crippen LogP contribution in [0.1, 0.15) is 33.1 Å². The minimum atomic E-state index is -0.988. The highest BCUT2D eigenvalue weighted by Gasteiger charge is 2.18. The summed E-state index contributed by atoms with van der Waals surface area (Å²) in [5.41, 5.74) is 0. The van der Waals surface area contributed by atoms with Gasteiger partial charge in [0.25, 0.3) is 0 Å². The summed E-state index contributed by atoms with van der Waals surface area (Å²) < 4.78 is 0. The van der Waals surface area contributed by atoms with Crippen LogP contribution in [0.4, 0.5) is 4.79 Å². The zero-order chi connectivity index (χ0) is 16.3. The summed E-state index contributed by atoms with van der Waals surface area (Å²) in [4.78, 5) is 24.9. The molecule has 21 heavy (non-hydrogen) atoms. The molecule has 0 aliphatic carbocycles. The van der Waals surface area contributed by atoms with E-state index in [4.69, 9.17) is 5.11 Å². The summed E-state index contributed by atoms with van der Waals surface area (Å²) in [6.07, 6.45) is 4.23. The van der Waals surface area contributed by atoms with Crippen molar-refractivity contribution in [2.24, 2.45) is 0 Å². The number of aliphatic carboxylic acids is 1. The summed E-state index contributed by atoms with van der Waals surface area (Å²) in [6, 6.07) is -0.695. The lowest BCUT2D eigenvalue weighted by Gasteiger charge is -2.20. The van der Waals surface area contributed by atoms with Crippen molar-refractivity contribution >= 4 is 23.8 Å². The van der Waals surface area contributed by atoms with Gasteiger partial charge < -0.3 is 20.6 Å². The van der Waals surface area contributed by atoms with Crippen molar-refractivity contribution in [2.45, 2.75) is 45.2 Å². The second kappa shape index (κ2) is 11.7. The van der Waals surface area contributed by atoms with Gasteiger partial charge in [-0.05, 0) is 58.7 Å². The third-order valence-electron chi connectivity index (χ3n) is 3.32. The smallest absolute Gasteiger partial charge is 0.326 e. The summed E-state index contributed by atoms with van der Waals surface area (Å²) in [5, 5.41) is 14.2. The predicted molar refractivity (Wildman–Crippen MR) is 88.0 cm³/mol. The number of nitrogens with one attached hydrogen (secondary N) is 2. The molecule has 2 amide bonds. The molecule has 0 aromatic heterocycles. The second-order valence-electron chi connectivity index (χ2n) is 5.35. The fourth-order valence-corrected chi connectivity index (χ4v) is 2.12. The zero-order valence-corrected chi connectivity index (χ0v) is 14.3. The number of carboxylic acids is 1. The molecule has 124 valence electrons. The maximum Gasteiger partial charge on any atom is 0.326 e. The Bertz CT molecular complexity index is 314. The Labute approximate surface area is 132 Å². The van der Waals surface area contributed by atoms with Crippen LogP contribution in [0.15, 0.2) is 0 Å². The van der Waals surface area contributed by atoms with E-state index < -0.39 is 18.0 Å². The second-order valence-corrected chi connectivity index (χ2v) is 6.34. The number of amides is 2. The average molecular weight is 319 g/mol. The Morgan fingerprint density at radius 3 is 2.48 bits per heavy atom. The average Bonchev–Trinajstić information content (AvgIpc) is 2.42. The minimum Gasteiger partial charge on any atom is -0.480 e. The van der Waals surface area contributed by atoms with Gasteiger partial charge in [-0.25, -0.2) is 9.59 Å². The van der Waals surface area contributed by atoms with Crippen molar-refractivity contribution in [3.05, 3.63) is 0 Å². The van der Waals surface area contributed by atoms with Crippen molar-refractivity contribution < 1.29 is 14.7 Å². The van der Waals surface area contributed by atoms with E-state index in [0.29, 0.717) is 24.8 Å². The van der Waals surface area contributed by atoms with E-state index >= 15 is 0 Å². The van der Waals surface area contributed by atoms with Gasteiger partial charge in [0, 0.05) is 12.6 Å². The molecule has 0 fully saturated rings. The molecule has 1 atom stereocenters. The standard InChI is InChI=1S/C14H29N3O3S/c1-11(2)17(3)9-6-5-8-15-14(20)16-12(13(18)19)7-10-21-4/h11-12H,5-10H2,1-4H3,(H,18,19)(H2,15,16,20). The third-order valence-corrected chi connectivity index (χ3v) is 3.96. The van der Waals surface area contributed by atoms with Crippen LogP contribution >= 0.6 is 11.8 Å². The van der Waals surface area contributed by atoms with Crippen molar-refractivity contribution in [1.29, 1.82) is 0 Å². The van der Waals surface area contributed by atoms with Gasteiger partial charge in [-0.15, -0.1) is 0 Å². The molecule has 0 spiro atoms. The largest absolute Gasteiger partial charge is 0.480 e. The van der Waals surface area contributed by atoms with Gasteiger partial charge in [-0.3, -0.25) is 0 Å². The van der Waals surface area contributed by atoms with E-state index in [-0.39, 0.29) is 0 Å². The van der Waals surface area contributed by atoms with Gasteiger partial charge in [0.05, 0.1) is 0 Å². The summed E-state index contributed by atoms with van der Waals surface area (Å²) in [7, 11) is 2.08. The Kier molecular flexibility index (Phi) is 11.2. The number of carbonyl (C=O) groups excluding carboxylic acids is 1. The van der Waals surface area contributed by atoms with E-state index in [2.05, 4.69) is 36.4 Å². The SMILES string of the molecule is CSCCC(NC(=O)NCCCCN(C)C(C)C)C(=O)O. The molecule has 0 heterocycles. The zero-order valence-electron chi connectivity index (χ0n) is 13.5. The van der Waals surface area contributed by atoms with Crippen LogP contribution in [0.3, 0.4) is 0 Å². The molecule has 0 aromatic carbocycles. The molecule has 0 radical (unpaired) electrons. The third kappa shape index (κ3) is 10.4. The van der Waals surface area contributed by atoms with Gasteiger partial charge >= 0.3 is 12.0 Å². The Morgan fingerprint density at radius 1 is 1.29 bits per heavy atom. The molecule has 0 rings (SSSR count). The maximum atomic E-state index is 11.6. The fraction of sp³-hybridized carbons (Fsp3) is 0.857. The fourth-order valence-electron chi connectivity index (χ4n) is 1.65. The first-order chi connectivity index (χ1) is 9.88. The Hall–Kier alpha value is -0.950. The van der Waals surface area contributed by atoms with Crippen LogP contribution in [0.25, 0.3) is 0 Å². The summed E-state index contributed by atoms with van der Waals surface area (Å²) in [5.74, 6) is -0.281. The molecule has 0 saturated heterocycles. The van der Waals surface area contributed by atoms with E-state index in [1.807, 2.05) is 6.26 Å². The molecule has 3 N–H and O–H groups in total. The Balaban J connectivity index is 3.80. The summed E-state index contributed by atoms with van der Waals surface area (Å²) >= 11 is 1.56. The van der Waals surface area contributed by atoms with Crippen LogP contribution < -0.4 is 10.6 Å². The lowest BCUT2D eigenvalue weighted by atomic mass is 10.2. The number of carboxylic acid groups (broad SMARTS) is 1. The minimum absolute atomic E-state index is 0.402. The molecule has 0 bridgehead atoms. The molecule has 0 saturated carbocycles. The van der Waals surface area contributed by atoms with Gasteiger partial charge in [-0.2, -0.15) is 11.8 Å². The number of hydrogen-bond donors (Lipinski definition) is 3. The van der Waals surface area contributed by atoms with Crippen molar-refractivity contribution in [1.82, 2.24) is 15.5 Å². The van der Waals surface area contributed by atoms with E-state index in [9.17, 15) is 9.59 Å². The number of nitrogens with zero attached hydrogens (tertiary/aromatic N) is 1. The van der Waals surface area contributed by atoms with Gasteiger partial charge in [0.15, 0.2) is 0 Å². The van der Waals surface area contributed by atoms with Crippen LogP contribution in [-0.2, 0) is 4.79 Å². The number of rotatable bonds is 11. The van der Waals surface area contributed by atoms with Gasteiger partial charge in [0.1, 0.15) is 6.04 Å². The lowest BCUT2D eigenvalue weighted by Crippen LogP contribution is -2.46. The molecule has 1 unspecified atom stereocenters. The van der Waals surface area contributed by atoms with Crippen molar-refractivity contribution in [2.75, 3.05) is 32.1 Å². The highest BCUT2D eigenvalue weighted by atomic mass is 32.2. The quantitative estimate of drug-likeness (QED) is 0.504. The monoisotopic (exact) mass is 319 g/mol. The van der Waals surface area contributed by atoms with Crippen LogP contribution in [0.2, 0.25) is 0 Å². The number of hydrogen-bond acceptors (Lipinski definition) is 4. The molecular formula is C14H29N3O3S. The van der Waals surface area contributed by atoms with Gasteiger partial charge in [-0.1, -0.05) is 0 Å². The van der Waals surface area contributed by atoms with Crippen LogP contribution in [0.5, 0.6) is 0 Å². The molecule has 0 aliphatic heterocycles. The van der Waals surface area contributed by atoms with Crippen molar-refractivity contribution in [3.63, 3.8) is 0 Å². The number of thioether (sulfide) groups is 1. The Morgan fingerprint density at radius 2 is 1.95 bits per heavy atom. The highest BCUT2D eigenvalue weighted by molar-refractivity contribution is 7.98. The number of carbonyl (C=O) groups is 2. The molecular weight excluding hydrogens is 290 g/mol. The van der Waals surface area contributed by atoms with Crippen LogP contribution in [-0.4, -0.2) is 66.2 Å². The van der Waals surface area contributed by atoms with E-state index in [1.165, 1.54) is 0 Å². The number of urea groups is 1. The number of unbranched alkanes of at least 4 members (excludes halogenated alkanes) is 1. The van der Waals surface area contributed by atoms with E-state index in [1.54, 1.807) is 11.8 Å². The highest BCUT2D eigenvalue weighted by Crippen LogP contribution is 2.01. The first-order valence-corrected chi connectivity index (χ1v) is 8.74. The summed E-state index contributed by atoms with van der Waals surface area (Å²) in [6.45, 7) is 5.84. The lowest BCUT2D eigenvalue weighted by molar-refractivity contribution is -0.139. The molecule has 0 aliphatic rings. The molecule has 7 heteroatoms. The molecule has 0 aromatic rings. The van der Waals surface area contributed by atoms with Gasteiger partial charge in [0.2, 0.25) is 0 Å². The van der Waals surface area contributed by atoms with Crippen LogP contribution in [0, 0.1) is 0 Å². The normalized spacial score (nSPS) is 12.5. The first-order valence-electron chi connectivity index (χ1n) is 7.34. The van der Waals surface area contributed by atoms with E-state index in [0.717, 1.165) is 19.4 Å².